The fourth-order valence-corrected chi connectivity index (χ4v) is 5.40. The maximum atomic E-state index is 11.3. The van der Waals surface area contributed by atoms with E-state index < -0.39 is 5.97 Å². The summed E-state index contributed by atoms with van der Waals surface area (Å²) < 4.78 is 1.89. The molecule has 5 nitrogen and oxygen atoms in total. The van der Waals surface area contributed by atoms with Crippen molar-refractivity contribution in [2.24, 2.45) is 17.8 Å². The van der Waals surface area contributed by atoms with E-state index in [2.05, 4.69) is 5.10 Å². The Kier molecular flexibility index (Phi) is 2.31. The number of rotatable bonds is 2. The van der Waals surface area contributed by atoms with Gasteiger partial charge in [-0.2, -0.15) is 5.10 Å². The lowest BCUT2D eigenvalue weighted by Crippen LogP contribution is -2.52. The zero-order chi connectivity index (χ0) is 14.1. The van der Waals surface area contributed by atoms with Crippen LogP contribution in [0.4, 0.5) is 5.82 Å². The number of hydrogen-bond donors (Lipinski definition) is 2. The summed E-state index contributed by atoms with van der Waals surface area (Å²) in [5.74, 6) is 1.96. The van der Waals surface area contributed by atoms with E-state index in [4.69, 9.17) is 5.73 Å². The maximum absolute atomic E-state index is 11.3. The van der Waals surface area contributed by atoms with Gasteiger partial charge in [0.05, 0.1) is 5.54 Å². The fraction of sp³-hybridized carbons (Fsp3) is 0.733. The predicted octanol–water partition coefficient (Wildman–Crippen LogP) is 2.40. The minimum atomic E-state index is -0.974. The quantitative estimate of drug-likeness (QED) is 0.868. The molecule has 0 spiro atoms. The van der Waals surface area contributed by atoms with Gasteiger partial charge >= 0.3 is 5.97 Å². The molecule has 1 aromatic heterocycles. The molecule has 4 bridgehead atoms. The summed E-state index contributed by atoms with van der Waals surface area (Å²) in [6, 6.07) is 0. The highest BCUT2D eigenvalue weighted by atomic mass is 16.4. The van der Waals surface area contributed by atoms with Crippen LogP contribution in [-0.2, 0) is 5.54 Å². The molecule has 0 saturated heterocycles. The molecule has 0 unspecified atom stereocenters. The highest BCUT2D eigenvalue weighted by Crippen LogP contribution is 2.59. The summed E-state index contributed by atoms with van der Waals surface area (Å²) in [6.07, 6.45) is 7.44. The number of aromatic nitrogens is 2. The standard InChI is InChI=1S/C15H21N3O2/c1-8-12(14(19)20)17-18(13(8)16)15-5-9-2-10(6-15)4-11(3-9)7-15/h9-11H,2-7,16H2,1H3,(H,19,20). The molecule has 108 valence electrons. The Hall–Kier alpha value is -1.52. The zero-order valence-corrected chi connectivity index (χ0v) is 11.8. The molecule has 0 aliphatic heterocycles. The van der Waals surface area contributed by atoms with E-state index in [9.17, 15) is 9.90 Å². The van der Waals surface area contributed by atoms with Gasteiger partial charge in [-0.3, -0.25) is 0 Å². The minimum absolute atomic E-state index is 0.00269. The molecule has 0 amide bonds. The van der Waals surface area contributed by atoms with Crippen molar-refractivity contribution in [3.63, 3.8) is 0 Å². The molecule has 3 N–H and O–H groups in total. The largest absolute Gasteiger partial charge is 0.476 e. The average molecular weight is 275 g/mol. The lowest BCUT2D eigenvalue weighted by molar-refractivity contribution is -0.0483. The first-order chi connectivity index (χ1) is 9.48. The van der Waals surface area contributed by atoms with Gasteiger partial charge in [0, 0.05) is 5.56 Å². The van der Waals surface area contributed by atoms with Gasteiger partial charge in [0.25, 0.3) is 0 Å². The van der Waals surface area contributed by atoms with Crippen molar-refractivity contribution in [2.45, 2.75) is 51.0 Å². The smallest absolute Gasteiger partial charge is 0.356 e. The van der Waals surface area contributed by atoms with E-state index in [1.165, 1.54) is 19.3 Å². The Morgan fingerprint density at radius 3 is 2.15 bits per heavy atom. The Morgan fingerprint density at radius 1 is 1.25 bits per heavy atom. The van der Waals surface area contributed by atoms with Gasteiger partial charge in [0.15, 0.2) is 5.69 Å². The third-order valence-electron chi connectivity index (χ3n) is 5.83. The van der Waals surface area contributed by atoms with Gasteiger partial charge in [0.2, 0.25) is 0 Å². The number of carboxylic acid groups (broad SMARTS) is 1. The number of carboxylic acids is 1. The first-order valence-corrected chi connectivity index (χ1v) is 7.57. The second kappa shape index (κ2) is 3.77. The van der Waals surface area contributed by atoms with Crippen molar-refractivity contribution >= 4 is 11.8 Å². The summed E-state index contributed by atoms with van der Waals surface area (Å²) in [5.41, 5.74) is 6.94. The topological polar surface area (TPSA) is 81.1 Å². The third kappa shape index (κ3) is 1.49. The highest BCUT2D eigenvalue weighted by Gasteiger charge is 2.53. The zero-order valence-electron chi connectivity index (χ0n) is 11.8. The van der Waals surface area contributed by atoms with Crippen LogP contribution in [-0.4, -0.2) is 20.9 Å². The number of nitrogen functional groups attached to an aromatic ring is 1. The molecular formula is C15H21N3O2. The van der Waals surface area contributed by atoms with Crippen molar-refractivity contribution in [2.75, 3.05) is 5.73 Å². The summed E-state index contributed by atoms with van der Waals surface area (Å²) in [6.45, 7) is 1.77. The Bertz CT molecular complexity index is 555. The molecular weight excluding hydrogens is 254 g/mol. The molecule has 5 rings (SSSR count). The van der Waals surface area contributed by atoms with E-state index in [1.807, 2.05) is 4.68 Å². The van der Waals surface area contributed by atoms with Crippen LogP contribution < -0.4 is 5.73 Å². The van der Waals surface area contributed by atoms with E-state index in [-0.39, 0.29) is 11.2 Å². The second-order valence-electron chi connectivity index (χ2n) is 7.22. The van der Waals surface area contributed by atoms with Crippen LogP contribution in [0.2, 0.25) is 0 Å². The normalized spacial score (nSPS) is 38.4. The predicted molar refractivity (Wildman–Crippen MR) is 74.5 cm³/mol. The monoisotopic (exact) mass is 275 g/mol. The van der Waals surface area contributed by atoms with Gasteiger partial charge in [-0.1, -0.05) is 0 Å². The fourth-order valence-electron chi connectivity index (χ4n) is 5.40. The molecule has 4 fully saturated rings. The number of carbonyl (C=O) groups is 1. The molecule has 0 radical (unpaired) electrons. The molecule has 4 aliphatic rings. The van der Waals surface area contributed by atoms with Gasteiger partial charge in [-0.05, 0) is 63.2 Å². The molecule has 1 heterocycles. The minimum Gasteiger partial charge on any atom is -0.476 e. The Balaban J connectivity index is 1.81. The first-order valence-electron chi connectivity index (χ1n) is 7.57. The van der Waals surface area contributed by atoms with Crippen molar-refractivity contribution in [3.8, 4) is 0 Å². The number of aromatic carboxylic acids is 1. The molecule has 4 saturated carbocycles. The number of hydrogen-bond acceptors (Lipinski definition) is 3. The van der Waals surface area contributed by atoms with Gasteiger partial charge in [0.1, 0.15) is 5.82 Å². The van der Waals surface area contributed by atoms with Gasteiger partial charge in [-0.15, -0.1) is 0 Å². The molecule has 4 aliphatic carbocycles. The molecule has 5 heteroatoms. The van der Waals surface area contributed by atoms with Crippen molar-refractivity contribution in [1.82, 2.24) is 9.78 Å². The van der Waals surface area contributed by atoms with Crippen LogP contribution in [0.25, 0.3) is 0 Å². The SMILES string of the molecule is Cc1c(C(=O)O)nn(C23CC4CC(CC(C4)C2)C3)c1N. The van der Waals surface area contributed by atoms with E-state index >= 15 is 0 Å². The van der Waals surface area contributed by atoms with Crippen LogP contribution in [0.1, 0.15) is 54.6 Å². The third-order valence-corrected chi connectivity index (χ3v) is 5.83. The molecule has 20 heavy (non-hydrogen) atoms. The Morgan fingerprint density at radius 2 is 1.75 bits per heavy atom. The van der Waals surface area contributed by atoms with E-state index in [1.54, 1.807) is 6.92 Å². The first kappa shape index (κ1) is 12.2. The van der Waals surface area contributed by atoms with Gasteiger partial charge in [-0.25, -0.2) is 9.48 Å². The summed E-state index contributed by atoms with van der Waals surface area (Å²) >= 11 is 0. The van der Waals surface area contributed by atoms with Crippen molar-refractivity contribution in [1.29, 1.82) is 0 Å². The van der Waals surface area contributed by atoms with Crippen molar-refractivity contribution in [3.05, 3.63) is 11.3 Å². The van der Waals surface area contributed by atoms with E-state index in [0.29, 0.717) is 11.4 Å². The molecule has 1 aromatic rings. The number of nitrogens with zero attached hydrogens (tertiary/aromatic N) is 2. The molecule has 0 atom stereocenters. The maximum Gasteiger partial charge on any atom is 0.356 e. The lowest BCUT2D eigenvalue weighted by atomic mass is 9.53. The van der Waals surface area contributed by atoms with Crippen LogP contribution >= 0.6 is 0 Å². The van der Waals surface area contributed by atoms with Crippen LogP contribution in [0.5, 0.6) is 0 Å². The van der Waals surface area contributed by atoms with Crippen LogP contribution in [0.15, 0.2) is 0 Å². The van der Waals surface area contributed by atoms with Gasteiger partial charge < -0.3 is 10.8 Å². The average Bonchev–Trinajstić information content (AvgIpc) is 2.65. The summed E-state index contributed by atoms with van der Waals surface area (Å²) in [4.78, 5) is 11.3. The molecule has 0 aromatic carbocycles. The van der Waals surface area contributed by atoms with Crippen LogP contribution in [0, 0.1) is 24.7 Å². The summed E-state index contributed by atoms with van der Waals surface area (Å²) in [7, 11) is 0. The Labute approximate surface area is 118 Å². The van der Waals surface area contributed by atoms with Crippen molar-refractivity contribution < 1.29 is 9.90 Å². The highest BCUT2D eigenvalue weighted by molar-refractivity contribution is 5.88. The summed E-state index contributed by atoms with van der Waals surface area (Å²) in [5, 5.41) is 13.6. The second-order valence-corrected chi connectivity index (χ2v) is 7.22. The number of nitrogens with two attached hydrogens (primary N) is 1. The van der Waals surface area contributed by atoms with E-state index in [0.717, 1.165) is 37.0 Å². The van der Waals surface area contributed by atoms with Crippen LogP contribution in [0.3, 0.4) is 0 Å². The number of anilines is 1. The lowest BCUT2D eigenvalue weighted by Gasteiger charge is -2.56.